The van der Waals surface area contributed by atoms with Crippen molar-refractivity contribution in [1.82, 2.24) is 0 Å². The van der Waals surface area contributed by atoms with E-state index in [0.717, 1.165) is 12.5 Å². The second-order valence-corrected chi connectivity index (χ2v) is 5.66. The topological polar surface area (TPSA) is 29.3 Å². The molecule has 2 nitrogen and oxygen atoms in total. The van der Waals surface area contributed by atoms with Crippen LogP contribution in [0.5, 0.6) is 0 Å². The third-order valence-electron chi connectivity index (χ3n) is 4.12. The average Bonchev–Trinajstić information content (AvgIpc) is 2.38. The zero-order chi connectivity index (χ0) is 13.0. The first kappa shape index (κ1) is 13.4. The summed E-state index contributed by atoms with van der Waals surface area (Å²) in [6.07, 6.45) is 5.00. The molecule has 1 aromatic carbocycles. The molecule has 1 aromatic rings. The summed E-state index contributed by atoms with van der Waals surface area (Å²) in [5.74, 6) is 0.824. The van der Waals surface area contributed by atoms with Gasteiger partial charge in [0.2, 0.25) is 0 Å². The van der Waals surface area contributed by atoms with Gasteiger partial charge in [-0.25, -0.2) is 0 Å². The first-order chi connectivity index (χ1) is 8.69. The molecule has 1 aliphatic rings. The monoisotopic (exact) mass is 246 g/mol. The Hall–Kier alpha value is -1.02. The van der Waals surface area contributed by atoms with E-state index in [4.69, 9.17) is 5.73 Å². The van der Waals surface area contributed by atoms with Crippen molar-refractivity contribution in [1.29, 1.82) is 0 Å². The van der Waals surface area contributed by atoms with Gasteiger partial charge in [0.15, 0.2) is 0 Å². The lowest BCUT2D eigenvalue weighted by molar-refractivity contribution is 0.328. The maximum absolute atomic E-state index is 5.98. The van der Waals surface area contributed by atoms with Crippen LogP contribution in [0.3, 0.4) is 0 Å². The van der Waals surface area contributed by atoms with E-state index in [2.05, 4.69) is 43.0 Å². The summed E-state index contributed by atoms with van der Waals surface area (Å²) in [4.78, 5) is 2.51. The molecule has 0 aromatic heterocycles. The van der Waals surface area contributed by atoms with Crippen molar-refractivity contribution in [2.24, 2.45) is 11.7 Å². The largest absolute Gasteiger partial charge is 0.372 e. The van der Waals surface area contributed by atoms with Crippen LogP contribution in [0.25, 0.3) is 0 Å². The smallest absolute Gasteiger partial charge is 0.0368 e. The Labute approximate surface area is 111 Å². The highest BCUT2D eigenvalue weighted by atomic mass is 15.1. The molecule has 2 rings (SSSR count). The van der Waals surface area contributed by atoms with E-state index in [1.54, 1.807) is 0 Å². The van der Waals surface area contributed by atoms with Crippen molar-refractivity contribution in [3.05, 3.63) is 29.8 Å². The quantitative estimate of drug-likeness (QED) is 0.883. The van der Waals surface area contributed by atoms with Crippen LogP contribution in [0.2, 0.25) is 0 Å². The molecule has 0 bridgehead atoms. The lowest BCUT2D eigenvalue weighted by Gasteiger charge is -2.32. The Morgan fingerprint density at radius 2 is 1.94 bits per heavy atom. The van der Waals surface area contributed by atoms with Crippen LogP contribution in [0.4, 0.5) is 5.69 Å². The Balaban J connectivity index is 1.97. The predicted molar refractivity (Wildman–Crippen MR) is 79.0 cm³/mol. The third-order valence-corrected chi connectivity index (χ3v) is 4.12. The van der Waals surface area contributed by atoms with Gasteiger partial charge in [0.25, 0.3) is 0 Å². The summed E-state index contributed by atoms with van der Waals surface area (Å²) in [6, 6.07) is 9.29. The van der Waals surface area contributed by atoms with E-state index < -0.39 is 0 Å². The minimum absolute atomic E-state index is 0.454. The summed E-state index contributed by atoms with van der Waals surface area (Å²) in [5, 5.41) is 0. The van der Waals surface area contributed by atoms with Crippen molar-refractivity contribution in [3.63, 3.8) is 0 Å². The van der Waals surface area contributed by atoms with Gasteiger partial charge in [0, 0.05) is 24.8 Å². The van der Waals surface area contributed by atoms with Crippen LogP contribution in [-0.4, -0.2) is 19.1 Å². The first-order valence-electron chi connectivity index (χ1n) is 7.26. The standard InChI is InChI=1S/C16H26N2/c1-3-18(16-6-4-5-13(2)11-16)12-14-7-9-15(17)10-8-14/h4-6,11,14-15H,3,7-10,12,17H2,1-2H3. The zero-order valence-electron chi connectivity index (χ0n) is 11.7. The van der Waals surface area contributed by atoms with Crippen LogP contribution in [-0.2, 0) is 0 Å². The van der Waals surface area contributed by atoms with Gasteiger partial charge in [-0.15, -0.1) is 0 Å². The summed E-state index contributed by atoms with van der Waals surface area (Å²) < 4.78 is 0. The molecular formula is C16H26N2. The van der Waals surface area contributed by atoms with Gasteiger partial charge in [0.05, 0.1) is 0 Å². The van der Waals surface area contributed by atoms with E-state index in [-0.39, 0.29) is 0 Å². The van der Waals surface area contributed by atoms with Crippen LogP contribution in [0.15, 0.2) is 24.3 Å². The molecule has 1 saturated carbocycles. The van der Waals surface area contributed by atoms with Crippen molar-refractivity contribution in [2.45, 2.75) is 45.6 Å². The van der Waals surface area contributed by atoms with Gasteiger partial charge in [-0.2, -0.15) is 0 Å². The van der Waals surface area contributed by atoms with E-state index in [0.29, 0.717) is 6.04 Å². The normalized spacial score (nSPS) is 23.9. The Morgan fingerprint density at radius 3 is 2.56 bits per heavy atom. The maximum atomic E-state index is 5.98. The van der Waals surface area contributed by atoms with E-state index >= 15 is 0 Å². The van der Waals surface area contributed by atoms with E-state index in [9.17, 15) is 0 Å². The Morgan fingerprint density at radius 1 is 1.22 bits per heavy atom. The van der Waals surface area contributed by atoms with Gasteiger partial charge in [-0.05, 0) is 63.1 Å². The lowest BCUT2D eigenvalue weighted by atomic mass is 9.86. The van der Waals surface area contributed by atoms with Crippen LogP contribution in [0, 0.1) is 12.8 Å². The Bertz CT molecular complexity index is 367. The molecular weight excluding hydrogens is 220 g/mol. The highest BCUT2D eigenvalue weighted by Crippen LogP contribution is 2.26. The Kier molecular flexibility index (Phi) is 4.65. The fourth-order valence-electron chi connectivity index (χ4n) is 2.92. The highest BCUT2D eigenvalue weighted by Gasteiger charge is 2.20. The number of benzene rings is 1. The summed E-state index contributed by atoms with van der Waals surface area (Å²) in [7, 11) is 0. The molecule has 0 atom stereocenters. The average molecular weight is 246 g/mol. The molecule has 0 radical (unpaired) electrons. The van der Waals surface area contributed by atoms with Crippen LogP contribution in [0.1, 0.15) is 38.2 Å². The first-order valence-corrected chi connectivity index (χ1v) is 7.26. The van der Waals surface area contributed by atoms with Crippen molar-refractivity contribution in [3.8, 4) is 0 Å². The minimum Gasteiger partial charge on any atom is -0.372 e. The van der Waals surface area contributed by atoms with Gasteiger partial charge in [-0.3, -0.25) is 0 Å². The molecule has 2 heteroatoms. The fourth-order valence-corrected chi connectivity index (χ4v) is 2.92. The summed E-state index contributed by atoms with van der Waals surface area (Å²) in [6.45, 7) is 6.69. The number of hydrogen-bond acceptors (Lipinski definition) is 2. The predicted octanol–water partition coefficient (Wildman–Crippen LogP) is 3.34. The number of nitrogens with zero attached hydrogens (tertiary/aromatic N) is 1. The highest BCUT2D eigenvalue weighted by molar-refractivity contribution is 5.48. The molecule has 2 N–H and O–H groups in total. The van der Waals surface area contributed by atoms with E-state index in [1.165, 1.54) is 43.5 Å². The molecule has 100 valence electrons. The van der Waals surface area contributed by atoms with Gasteiger partial charge in [0.1, 0.15) is 0 Å². The lowest BCUT2D eigenvalue weighted by Crippen LogP contribution is -2.34. The molecule has 1 fully saturated rings. The maximum Gasteiger partial charge on any atom is 0.0368 e. The second kappa shape index (κ2) is 6.24. The molecule has 18 heavy (non-hydrogen) atoms. The van der Waals surface area contributed by atoms with Crippen molar-refractivity contribution >= 4 is 5.69 Å². The molecule has 0 aliphatic heterocycles. The van der Waals surface area contributed by atoms with Gasteiger partial charge in [-0.1, -0.05) is 12.1 Å². The van der Waals surface area contributed by atoms with Gasteiger partial charge >= 0.3 is 0 Å². The summed E-state index contributed by atoms with van der Waals surface area (Å²) >= 11 is 0. The van der Waals surface area contributed by atoms with Crippen LogP contribution >= 0.6 is 0 Å². The molecule has 1 aliphatic carbocycles. The second-order valence-electron chi connectivity index (χ2n) is 5.66. The van der Waals surface area contributed by atoms with Gasteiger partial charge < -0.3 is 10.6 Å². The van der Waals surface area contributed by atoms with Crippen molar-refractivity contribution in [2.75, 3.05) is 18.0 Å². The molecule has 0 heterocycles. The third kappa shape index (κ3) is 3.49. The SMILES string of the molecule is CCN(CC1CCC(N)CC1)c1cccc(C)c1. The molecule has 0 saturated heterocycles. The number of hydrogen-bond donors (Lipinski definition) is 1. The summed E-state index contributed by atoms with van der Waals surface area (Å²) in [5.41, 5.74) is 8.69. The zero-order valence-corrected chi connectivity index (χ0v) is 11.7. The fraction of sp³-hybridized carbons (Fsp3) is 0.625. The minimum atomic E-state index is 0.454. The van der Waals surface area contributed by atoms with Crippen molar-refractivity contribution < 1.29 is 0 Å². The number of rotatable bonds is 4. The van der Waals surface area contributed by atoms with Crippen LogP contribution < -0.4 is 10.6 Å². The molecule has 0 unspecified atom stereocenters. The number of aryl methyl sites for hydroxylation is 1. The molecule has 0 spiro atoms. The number of anilines is 1. The number of nitrogens with two attached hydrogens (primary N) is 1. The van der Waals surface area contributed by atoms with E-state index in [1.807, 2.05) is 0 Å². The molecule has 0 amide bonds.